The SMILES string of the molecule is O=C(Nc1ccc2c(c1)OCO2)N(CCc1cccs1)Cc1ccco1. The number of anilines is 1. The van der Waals surface area contributed by atoms with Crippen molar-refractivity contribution in [3.63, 3.8) is 0 Å². The number of nitrogens with zero attached hydrogens (tertiary/aromatic N) is 1. The summed E-state index contributed by atoms with van der Waals surface area (Å²) in [6.45, 7) is 1.21. The zero-order valence-corrected chi connectivity index (χ0v) is 14.8. The molecule has 0 fully saturated rings. The molecule has 1 aliphatic heterocycles. The van der Waals surface area contributed by atoms with Crippen LogP contribution in [-0.2, 0) is 13.0 Å². The Morgan fingerprint density at radius 2 is 2.08 bits per heavy atom. The number of furan rings is 1. The highest BCUT2D eigenvalue weighted by Gasteiger charge is 2.18. The first-order chi connectivity index (χ1) is 12.8. The maximum atomic E-state index is 12.8. The van der Waals surface area contributed by atoms with E-state index in [0.29, 0.717) is 30.3 Å². The Balaban J connectivity index is 1.45. The Kier molecular flexibility index (Phi) is 4.79. The van der Waals surface area contributed by atoms with Crippen LogP contribution in [-0.4, -0.2) is 24.3 Å². The number of carbonyl (C=O) groups is 1. The van der Waals surface area contributed by atoms with Crippen molar-refractivity contribution in [3.8, 4) is 11.5 Å². The molecule has 4 rings (SSSR count). The molecule has 0 radical (unpaired) electrons. The molecule has 0 bridgehead atoms. The van der Waals surface area contributed by atoms with Gasteiger partial charge in [-0.25, -0.2) is 4.79 Å². The van der Waals surface area contributed by atoms with Crippen molar-refractivity contribution < 1.29 is 18.7 Å². The van der Waals surface area contributed by atoms with E-state index in [4.69, 9.17) is 13.9 Å². The van der Waals surface area contributed by atoms with Gasteiger partial charge in [0.2, 0.25) is 6.79 Å². The van der Waals surface area contributed by atoms with Gasteiger partial charge in [0.15, 0.2) is 11.5 Å². The summed E-state index contributed by atoms with van der Waals surface area (Å²) >= 11 is 1.69. The van der Waals surface area contributed by atoms with Crippen LogP contribution in [0.15, 0.2) is 58.5 Å². The van der Waals surface area contributed by atoms with Crippen LogP contribution in [0.1, 0.15) is 10.6 Å². The van der Waals surface area contributed by atoms with Gasteiger partial charge in [0.05, 0.1) is 12.8 Å². The molecule has 6 nitrogen and oxygen atoms in total. The van der Waals surface area contributed by atoms with Gasteiger partial charge in [0, 0.05) is 23.2 Å². The molecular weight excluding hydrogens is 352 g/mol. The second-order valence-electron chi connectivity index (χ2n) is 5.83. The molecule has 2 amide bonds. The molecule has 0 atom stereocenters. The third kappa shape index (κ3) is 3.83. The lowest BCUT2D eigenvalue weighted by atomic mass is 10.2. The lowest BCUT2D eigenvalue weighted by molar-refractivity contribution is 0.174. The van der Waals surface area contributed by atoms with Crippen molar-refractivity contribution in [2.75, 3.05) is 18.7 Å². The van der Waals surface area contributed by atoms with Crippen molar-refractivity contribution >= 4 is 23.1 Å². The molecule has 0 saturated heterocycles. The summed E-state index contributed by atoms with van der Waals surface area (Å²) in [4.78, 5) is 15.8. The minimum Gasteiger partial charge on any atom is -0.467 e. The number of urea groups is 1. The van der Waals surface area contributed by atoms with E-state index in [2.05, 4.69) is 11.4 Å². The number of carbonyl (C=O) groups excluding carboxylic acids is 1. The second-order valence-corrected chi connectivity index (χ2v) is 6.86. The molecule has 0 aliphatic carbocycles. The monoisotopic (exact) mass is 370 g/mol. The van der Waals surface area contributed by atoms with Crippen LogP contribution in [0.2, 0.25) is 0 Å². The average molecular weight is 370 g/mol. The average Bonchev–Trinajstić information content (AvgIpc) is 3.39. The molecule has 0 spiro atoms. The Hall–Kier alpha value is -2.93. The van der Waals surface area contributed by atoms with E-state index in [0.717, 1.165) is 12.2 Å². The molecule has 2 aromatic heterocycles. The first kappa shape index (κ1) is 16.5. The number of fused-ring (bicyclic) bond motifs is 1. The molecular formula is C19H18N2O4S. The van der Waals surface area contributed by atoms with E-state index in [-0.39, 0.29) is 12.8 Å². The van der Waals surface area contributed by atoms with E-state index in [1.165, 1.54) is 4.88 Å². The van der Waals surface area contributed by atoms with Gasteiger partial charge in [0.25, 0.3) is 0 Å². The maximum Gasteiger partial charge on any atom is 0.322 e. The molecule has 26 heavy (non-hydrogen) atoms. The van der Waals surface area contributed by atoms with Gasteiger partial charge in [0.1, 0.15) is 5.76 Å². The smallest absolute Gasteiger partial charge is 0.322 e. The van der Waals surface area contributed by atoms with Crippen molar-refractivity contribution in [2.24, 2.45) is 0 Å². The van der Waals surface area contributed by atoms with Crippen LogP contribution < -0.4 is 14.8 Å². The van der Waals surface area contributed by atoms with Crippen LogP contribution in [0.25, 0.3) is 0 Å². The number of ether oxygens (including phenoxy) is 2. The zero-order chi connectivity index (χ0) is 17.8. The highest BCUT2D eigenvalue weighted by molar-refractivity contribution is 7.09. The van der Waals surface area contributed by atoms with Crippen molar-refractivity contribution in [1.29, 1.82) is 0 Å². The van der Waals surface area contributed by atoms with Crippen molar-refractivity contribution in [3.05, 3.63) is 64.7 Å². The lowest BCUT2D eigenvalue weighted by Gasteiger charge is -2.22. The van der Waals surface area contributed by atoms with E-state index in [9.17, 15) is 4.79 Å². The third-order valence-electron chi connectivity index (χ3n) is 4.05. The fraction of sp³-hybridized carbons (Fsp3) is 0.211. The van der Waals surface area contributed by atoms with Crippen molar-refractivity contribution in [1.82, 2.24) is 4.90 Å². The van der Waals surface area contributed by atoms with Gasteiger partial charge in [-0.2, -0.15) is 0 Å². The van der Waals surface area contributed by atoms with E-state index >= 15 is 0 Å². The van der Waals surface area contributed by atoms with Crippen LogP contribution >= 0.6 is 11.3 Å². The summed E-state index contributed by atoms with van der Waals surface area (Å²) < 4.78 is 16.1. The molecule has 3 aromatic rings. The number of thiophene rings is 1. The van der Waals surface area contributed by atoms with Gasteiger partial charge in [-0.15, -0.1) is 11.3 Å². The van der Waals surface area contributed by atoms with Gasteiger partial charge >= 0.3 is 6.03 Å². The van der Waals surface area contributed by atoms with Crippen LogP contribution in [0.5, 0.6) is 11.5 Å². The molecule has 1 N–H and O–H groups in total. The summed E-state index contributed by atoms with van der Waals surface area (Å²) in [7, 11) is 0. The second kappa shape index (κ2) is 7.53. The minimum atomic E-state index is -0.183. The van der Waals surface area contributed by atoms with E-state index < -0.39 is 0 Å². The summed E-state index contributed by atoms with van der Waals surface area (Å²) in [6, 6.07) is 13.0. The molecule has 134 valence electrons. The van der Waals surface area contributed by atoms with Gasteiger partial charge < -0.3 is 24.1 Å². The maximum absolute atomic E-state index is 12.8. The molecule has 0 saturated carbocycles. The summed E-state index contributed by atoms with van der Waals surface area (Å²) in [5.74, 6) is 2.07. The Morgan fingerprint density at radius 3 is 2.88 bits per heavy atom. The number of nitrogens with one attached hydrogen (secondary N) is 1. The minimum absolute atomic E-state index is 0.183. The quantitative estimate of drug-likeness (QED) is 0.701. The topological polar surface area (TPSA) is 63.9 Å². The Morgan fingerprint density at radius 1 is 1.15 bits per heavy atom. The Bertz CT molecular complexity index is 862. The number of rotatable bonds is 6. The van der Waals surface area contributed by atoms with E-state index in [1.807, 2.05) is 23.6 Å². The van der Waals surface area contributed by atoms with Gasteiger partial charge in [-0.3, -0.25) is 0 Å². The predicted octanol–water partition coefficient (Wildman–Crippen LogP) is 4.35. The molecule has 7 heteroatoms. The largest absolute Gasteiger partial charge is 0.467 e. The zero-order valence-electron chi connectivity index (χ0n) is 14.0. The molecule has 1 aromatic carbocycles. The van der Waals surface area contributed by atoms with Crippen LogP contribution in [0.3, 0.4) is 0 Å². The standard InChI is InChI=1S/C19H18N2O4S/c22-19(20-14-5-6-17-18(11-14)25-13-24-17)21(12-15-3-1-9-23-15)8-7-16-4-2-10-26-16/h1-6,9-11H,7-8,12-13H2,(H,20,22). The van der Waals surface area contributed by atoms with Gasteiger partial charge in [-0.1, -0.05) is 6.07 Å². The first-order valence-corrected chi connectivity index (χ1v) is 9.16. The summed E-state index contributed by atoms with van der Waals surface area (Å²) in [6.07, 6.45) is 2.41. The molecule has 0 unspecified atom stereocenters. The normalized spacial score (nSPS) is 12.2. The van der Waals surface area contributed by atoms with Crippen molar-refractivity contribution in [2.45, 2.75) is 13.0 Å². The summed E-state index contributed by atoms with van der Waals surface area (Å²) in [5, 5.41) is 4.97. The lowest BCUT2D eigenvalue weighted by Crippen LogP contribution is -2.35. The Labute approximate surface area is 154 Å². The summed E-state index contributed by atoms with van der Waals surface area (Å²) in [5.41, 5.74) is 0.666. The molecule has 3 heterocycles. The van der Waals surface area contributed by atoms with Crippen LogP contribution in [0, 0.1) is 0 Å². The number of benzene rings is 1. The fourth-order valence-corrected chi connectivity index (χ4v) is 3.42. The highest BCUT2D eigenvalue weighted by Crippen LogP contribution is 2.34. The number of hydrogen-bond donors (Lipinski definition) is 1. The third-order valence-corrected chi connectivity index (χ3v) is 4.98. The van der Waals surface area contributed by atoms with E-state index in [1.54, 1.807) is 40.7 Å². The van der Waals surface area contributed by atoms with Gasteiger partial charge in [-0.05, 0) is 42.1 Å². The molecule has 1 aliphatic rings. The highest BCUT2D eigenvalue weighted by atomic mass is 32.1. The fourth-order valence-electron chi connectivity index (χ4n) is 2.72. The number of amides is 2. The predicted molar refractivity (Wildman–Crippen MR) is 98.7 cm³/mol. The first-order valence-electron chi connectivity index (χ1n) is 8.28. The van der Waals surface area contributed by atoms with Crippen LogP contribution in [0.4, 0.5) is 10.5 Å². The number of hydrogen-bond acceptors (Lipinski definition) is 5.